The zero-order chi connectivity index (χ0) is 42.1. The van der Waals surface area contributed by atoms with Gasteiger partial charge in [0.1, 0.15) is 5.78 Å². The molecule has 0 atom stereocenters. The summed E-state index contributed by atoms with van der Waals surface area (Å²) in [5, 5.41) is 13.8. The van der Waals surface area contributed by atoms with Crippen LogP contribution in [0.4, 0.5) is 0 Å². The third-order valence-electron chi connectivity index (χ3n) is 6.42. The SMILES string of the molecule is CC(=O)CC(=O)NS.CCCN.CCCNC(=O)CCCC(=O)NC.CCCNC(=O)CCCC(=O)SCP(c1ccccc1)c1ccccc1.CN=[N+]=[N-]. The van der Waals surface area contributed by atoms with Gasteiger partial charge in [0.2, 0.25) is 23.6 Å². The molecule has 0 aromatic heterocycles. The molecule has 0 radical (unpaired) electrons. The molecule has 0 fully saturated rings. The molecule has 4 amide bonds. The molecule has 0 unspecified atom stereocenters. The van der Waals surface area contributed by atoms with Crippen LogP contribution in [0.5, 0.6) is 0 Å². The number of nitrogens with two attached hydrogens (primary N) is 1. The van der Waals surface area contributed by atoms with Gasteiger partial charge in [-0.25, -0.2) is 0 Å². The van der Waals surface area contributed by atoms with Gasteiger partial charge in [0.15, 0.2) is 5.12 Å². The summed E-state index contributed by atoms with van der Waals surface area (Å²) in [6, 6.07) is 20.8. The van der Waals surface area contributed by atoms with E-state index in [1.165, 1.54) is 36.3 Å². The van der Waals surface area contributed by atoms with E-state index in [1.54, 1.807) is 7.05 Å². The van der Waals surface area contributed by atoms with Crippen LogP contribution < -0.4 is 37.0 Å². The van der Waals surface area contributed by atoms with Crippen molar-refractivity contribution in [1.82, 2.24) is 20.7 Å². The lowest BCUT2D eigenvalue weighted by Crippen LogP contribution is -2.24. The highest BCUT2D eigenvalue weighted by molar-refractivity contribution is 8.18. The fraction of sp³-hybridized carbons (Fsp3) is 0.526. The number of azide groups is 1. The maximum atomic E-state index is 12.2. The maximum Gasteiger partial charge on any atom is 0.237 e. The molecule has 2 aromatic rings. The number of rotatable bonds is 19. The zero-order valence-electron chi connectivity index (χ0n) is 33.3. The number of hydrogen-bond acceptors (Lipinski definition) is 10. The number of carbonyl (C=O) groups is 6. The average Bonchev–Trinajstić information content (AvgIpc) is 3.20. The molecule has 0 heterocycles. The molecule has 2 aromatic carbocycles. The Kier molecular flexibility index (Phi) is 41.5. The van der Waals surface area contributed by atoms with E-state index in [-0.39, 0.29) is 40.9 Å². The highest BCUT2D eigenvalue weighted by Gasteiger charge is 2.16. The van der Waals surface area contributed by atoms with Gasteiger partial charge in [-0.2, -0.15) is 0 Å². The van der Waals surface area contributed by atoms with E-state index < -0.39 is 7.92 Å². The van der Waals surface area contributed by atoms with E-state index in [0.717, 1.165) is 37.8 Å². The van der Waals surface area contributed by atoms with Gasteiger partial charge in [-0.05, 0) is 69.6 Å². The van der Waals surface area contributed by atoms with Crippen molar-refractivity contribution in [2.24, 2.45) is 10.8 Å². The van der Waals surface area contributed by atoms with Gasteiger partial charge >= 0.3 is 0 Å². The molecule has 0 spiro atoms. The molecule has 2 rings (SSSR count). The predicted octanol–water partition coefficient (Wildman–Crippen LogP) is 5.67. The van der Waals surface area contributed by atoms with Crippen LogP contribution in [0, 0.1) is 0 Å². The third kappa shape index (κ3) is 38.1. The first-order valence-electron chi connectivity index (χ1n) is 18.2. The van der Waals surface area contributed by atoms with Crippen LogP contribution >= 0.6 is 32.5 Å². The standard InChI is InChI=1S/C21H26NO2PS.C9H18N2O2.C4H7NO2S.C3H9N.CH3N3/c1-2-16-22-20(23)14-9-15-21(24)26-17-25(18-10-5-3-6-11-18)19-12-7-4-8-13-19;1-3-7-11-9(13)6-4-5-8(12)10-2;1-3(6)2-4(7)5-8;1-2-3-4;1-3-4-2/h3-8,10-13H,2,9,14-17H2,1H3,(H,22,23);3-7H2,1-2H3,(H,10,12)(H,11,13);8H,2H2,1H3,(H,5,7);2-4H2,1H3;1H3. The van der Waals surface area contributed by atoms with Crippen molar-refractivity contribution in [2.75, 3.05) is 39.2 Å². The highest BCUT2D eigenvalue weighted by atomic mass is 32.2. The molecule has 0 saturated carbocycles. The molecule has 14 nitrogen and oxygen atoms in total. The topological polar surface area (TPSA) is 225 Å². The number of carbonyl (C=O) groups excluding carboxylic acids is 6. The Morgan fingerprint density at radius 1 is 0.764 bits per heavy atom. The largest absolute Gasteiger partial charge is 0.359 e. The first-order valence-corrected chi connectivity index (χ1v) is 21.2. The Bertz CT molecular complexity index is 1330. The summed E-state index contributed by atoms with van der Waals surface area (Å²) in [5.74, 6) is -0.452. The molecular weight excluding hydrogens is 760 g/mol. The number of ketones is 1. The quantitative estimate of drug-likeness (QED) is 0.0258. The molecule has 0 aliphatic heterocycles. The minimum atomic E-state index is -0.556. The summed E-state index contributed by atoms with van der Waals surface area (Å²) >= 11 is 4.84. The Labute approximate surface area is 339 Å². The molecule has 0 bridgehead atoms. The highest BCUT2D eigenvalue weighted by Crippen LogP contribution is 2.38. The lowest BCUT2D eigenvalue weighted by molar-refractivity contribution is -0.126. The number of thioether (sulfide) groups is 1. The van der Waals surface area contributed by atoms with Gasteiger partial charge in [-0.15, -0.1) is 0 Å². The summed E-state index contributed by atoms with van der Waals surface area (Å²) in [6.45, 7) is 9.69. The number of nitrogens with zero attached hydrogens (tertiary/aromatic N) is 3. The number of benzene rings is 2. The summed E-state index contributed by atoms with van der Waals surface area (Å²) < 4.78 is 2.03. The van der Waals surface area contributed by atoms with Gasteiger partial charge in [-0.1, -0.05) is 111 Å². The summed E-state index contributed by atoms with van der Waals surface area (Å²) in [7, 11) is 2.43. The Morgan fingerprint density at radius 2 is 1.18 bits per heavy atom. The number of thiol groups is 1. The number of hydrogen-bond donors (Lipinski definition) is 6. The van der Waals surface area contributed by atoms with Gasteiger partial charge in [0, 0.05) is 63.3 Å². The zero-order valence-corrected chi connectivity index (χ0v) is 35.9. The molecule has 55 heavy (non-hydrogen) atoms. The molecule has 308 valence electrons. The first-order chi connectivity index (χ1) is 26.4. The second-order valence-electron chi connectivity index (χ2n) is 11.3. The third-order valence-corrected chi connectivity index (χ3v) is 10.6. The Balaban J connectivity index is -0.000000771. The van der Waals surface area contributed by atoms with Crippen molar-refractivity contribution in [3.63, 3.8) is 0 Å². The van der Waals surface area contributed by atoms with Crippen LogP contribution in [0.25, 0.3) is 10.4 Å². The Hall–Kier alpha value is -3.94. The van der Waals surface area contributed by atoms with Crippen molar-refractivity contribution in [2.45, 2.75) is 91.9 Å². The summed E-state index contributed by atoms with van der Waals surface area (Å²) in [6.07, 6.45) is 5.89. The molecule has 0 saturated heterocycles. The first kappa shape index (κ1) is 55.4. The van der Waals surface area contributed by atoms with Crippen LogP contribution in [-0.4, -0.2) is 73.8 Å². The fourth-order valence-electron chi connectivity index (χ4n) is 3.62. The van der Waals surface area contributed by atoms with Crippen molar-refractivity contribution in [3.05, 3.63) is 71.1 Å². The van der Waals surface area contributed by atoms with Gasteiger partial charge < -0.3 is 26.4 Å². The van der Waals surface area contributed by atoms with Crippen LogP contribution in [0.1, 0.15) is 91.9 Å². The molecular formula is C38H63N8O6PS2. The number of Topliss-reactive ketones (excluding diaryl/α,β-unsaturated/α-hetero) is 1. The monoisotopic (exact) mass is 822 g/mol. The van der Waals surface area contributed by atoms with Gasteiger partial charge in [-0.3, -0.25) is 28.8 Å². The van der Waals surface area contributed by atoms with E-state index in [1.807, 2.05) is 30.7 Å². The van der Waals surface area contributed by atoms with Crippen molar-refractivity contribution in [1.29, 1.82) is 0 Å². The summed E-state index contributed by atoms with van der Waals surface area (Å²) in [5.41, 5.74) is 13.1. The van der Waals surface area contributed by atoms with Gasteiger partial charge in [0.05, 0.1) is 6.42 Å². The van der Waals surface area contributed by atoms with Crippen molar-refractivity contribution in [3.8, 4) is 0 Å². The summed E-state index contributed by atoms with van der Waals surface area (Å²) in [4.78, 5) is 68.3. The normalized spacial score (nSPS) is 9.33. The van der Waals surface area contributed by atoms with Crippen LogP contribution in [0.15, 0.2) is 65.8 Å². The van der Waals surface area contributed by atoms with E-state index in [9.17, 15) is 28.8 Å². The maximum absolute atomic E-state index is 12.2. The second-order valence-corrected chi connectivity index (χ2v) is 15.2. The number of nitrogens with one attached hydrogen (secondary N) is 4. The molecule has 0 aliphatic carbocycles. The molecule has 0 aliphatic rings. The smallest absolute Gasteiger partial charge is 0.237 e. The van der Waals surface area contributed by atoms with E-state index >= 15 is 0 Å². The Morgan fingerprint density at radius 3 is 1.51 bits per heavy atom. The lowest BCUT2D eigenvalue weighted by atomic mass is 10.2. The molecule has 17 heteroatoms. The van der Waals surface area contributed by atoms with Crippen molar-refractivity contribution < 1.29 is 28.8 Å². The van der Waals surface area contributed by atoms with Crippen LogP contribution in [0.2, 0.25) is 0 Å². The fourth-order valence-corrected chi connectivity index (χ4v) is 7.64. The average molecular weight is 823 g/mol. The predicted molar refractivity (Wildman–Crippen MR) is 232 cm³/mol. The van der Waals surface area contributed by atoms with E-state index in [2.05, 4.69) is 94.2 Å². The molecule has 6 N–H and O–H groups in total. The van der Waals surface area contributed by atoms with E-state index in [4.69, 9.17) is 11.3 Å². The number of amides is 4. The van der Waals surface area contributed by atoms with Crippen molar-refractivity contribution >= 4 is 77.6 Å². The van der Waals surface area contributed by atoms with E-state index in [0.29, 0.717) is 45.1 Å². The lowest BCUT2D eigenvalue weighted by Gasteiger charge is -2.17. The van der Waals surface area contributed by atoms with Gasteiger partial charge in [0.25, 0.3) is 0 Å². The van der Waals surface area contributed by atoms with Crippen LogP contribution in [-0.2, 0) is 28.8 Å². The van der Waals surface area contributed by atoms with Crippen LogP contribution in [0.3, 0.4) is 0 Å². The minimum absolute atomic E-state index is 0.0108. The minimum Gasteiger partial charge on any atom is -0.359 e. The second kappa shape index (κ2) is 41.2.